The first-order valence-corrected chi connectivity index (χ1v) is 12.9. The van der Waals surface area contributed by atoms with E-state index in [4.69, 9.17) is 4.74 Å². The predicted molar refractivity (Wildman–Crippen MR) is 132 cm³/mol. The van der Waals surface area contributed by atoms with Crippen LogP contribution in [-0.2, 0) is 12.8 Å². The van der Waals surface area contributed by atoms with E-state index in [1.807, 2.05) is 0 Å². The lowest BCUT2D eigenvalue weighted by atomic mass is 10.0. The van der Waals surface area contributed by atoms with E-state index in [9.17, 15) is 18.0 Å². The first-order valence-electron chi connectivity index (χ1n) is 12.9. The molecule has 0 aliphatic rings. The highest BCUT2D eigenvalue weighted by Crippen LogP contribution is 2.26. The molecule has 0 fully saturated rings. The van der Waals surface area contributed by atoms with Gasteiger partial charge in [-0.05, 0) is 55.0 Å². The second kappa shape index (κ2) is 15.6. The lowest BCUT2D eigenvalue weighted by Crippen LogP contribution is -2.13. The molecule has 0 unspecified atom stereocenters. The van der Waals surface area contributed by atoms with E-state index >= 15 is 0 Å². The van der Waals surface area contributed by atoms with E-state index in [-0.39, 0.29) is 11.1 Å². The maximum Gasteiger partial charge on any atom is 0.346 e. The highest BCUT2D eigenvalue weighted by Gasteiger charge is 2.20. The third-order valence-electron chi connectivity index (χ3n) is 6.20. The molecule has 2 aromatic rings. The fourth-order valence-corrected chi connectivity index (χ4v) is 4.08. The second-order valence-corrected chi connectivity index (χ2v) is 9.09. The Morgan fingerprint density at radius 2 is 1.29 bits per heavy atom. The van der Waals surface area contributed by atoms with Crippen LogP contribution < -0.4 is 4.74 Å². The topological polar surface area (TPSA) is 26.3 Å². The van der Waals surface area contributed by atoms with E-state index in [0.29, 0.717) is 6.42 Å². The molecule has 5 heteroatoms. The second-order valence-electron chi connectivity index (χ2n) is 9.09. The largest absolute Gasteiger partial charge is 0.420 e. The van der Waals surface area contributed by atoms with Crippen LogP contribution >= 0.6 is 0 Å². The molecule has 0 spiro atoms. The van der Waals surface area contributed by atoms with Crippen LogP contribution in [0.3, 0.4) is 0 Å². The average molecular weight is 477 g/mol. The van der Waals surface area contributed by atoms with Crippen molar-refractivity contribution in [2.45, 2.75) is 104 Å². The van der Waals surface area contributed by atoms with E-state index in [1.165, 1.54) is 49.9 Å². The molecule has 0 N–H and O–H groups in total. The van der Waals surface area contributed by atoms with Gasteiger partial charge in [-0.25, -0.2) is 13.6 Å². The van der Waals surface area contributed by atoms with Crippen LogP contribution in [0, 0.1) is 17.5 Å². The third kappa shape index (κ3) is 9.15. The molecule has 0 heterocycles. The van der Waals surface area contributed by atoms with Crippen LogP contribution in [0.25, 0.3) is 0 Å². The van der Waals surface area contributed by atoms with E-state index in [2.05, 4.69) is 13.8 Å². The van der Waals surface area contributed by atoms with Crippen molar-refractivity contribution in [2.75, 3.05) is 0 Å². The monoisotopic (exact) mass is 476 g/mol. The van der Waals surface area contributed by atoms with Gasteiger partial charge in [0, 0.05) is 0 Å². The van der Waals surface area contributed by atoms with Crippen molar-refractivity contribution < 1.29 is 22.7 Å². The van der Waals surface area contributed by atoms with E-state index in [0.717, 1.165) is 63.4 Å². The molecule has 0 saturated carbocycles. The van der Waals surface area contributed by atoms with Gasteiger partial charge in [0.1, 0.15) is 5.82 Å². The molecule has 0 radical (unpaired) electrons. The van der Waals surface area contributed by atoms with E-state index < -0.39 is 29.2 Å². The van der Waals surface area contributed by atoms with Crippen LogP contribution in [0.1, 0.15) is 112 Å². The zero-order chi connectivity index (χ0) is 24.8. The number of hydrogen-bond donors (Lipinski definition) is 0. The Bertz CT molecular complexity index is 895. The standard InChI is InChI=1S/C29H39F3O2/c1-3-5-7-9-10-12-14-16-23-18-20-26(28(32)27(23)31)34-29(33)24-19-17-22(21-25(24)30)15-13-11-8-6-4-2/h17-21H,3-16H2,1-2H3. The van der Waals surface area contributed by atoms with Gasteiger partial charge in [0.05, 0.1) is 5.56 Å². The zero-order valence-electron chi connectivity index (χ0n) is 20.7. The fraction of sp³-hybridized carbons (Fsp3) is 0.552. The summed E-state index contributed by atoms with van der Waals surface area (Å²) in [5.74, 6) is -4.49. The first kappa shape index (κ1) is 27.9. The highest BCUT2D eigenvalue weighted by atomic mass is 19.2. The minimum Gasteiger partial charge on any atom is -0.420 e. The summed E-state index contributed by atoms with van der Waals surface area (Å²) in [7, 11) is 0. The average Bonchev–Trinajstić information content (AvgIpc) is 2.82. The molecule has 0 aromatic heterocycles. The Morgan fingerprint density at radius 3 is 1.91 bits per heavy atom. The number of carbonyl (C=O) groups is 1. The Labute approximate surface area is 202 Å². The summed E-state index contributed by atoms with van der Waals surface area (Å²) < 4.78 is 48.5. The van der Waals surface area contributed by atoms with Crippen molar-refractivity contribution in [3.63, 3.8) is 0 Å². The lowest BCUT2D eigenvalue weighted by Gasteiger charge is -2.10. The summed E-state index contributed by atoms with van der Waals surface area (Å²) in [5.41, 5.74) is 0.777. The quantitative estimate of drug-likeness (QED) is 0.137. The zero-order valence-corrected chi connectivity index (χ0v) is 20.7. The number of rotatable bonds is 16. The SMILES string of the molecule is CCCCCCCCCc1ccc(OC(=O)c2ccc(CCCCCCC)cc2F)c(F)c1F. The van der Waals surface area contributed by atoms with Crippen LogP contribution in [-0.4, -0.2) is 5.97 Å². The third-order valence-corrected chi connectivity index (χ3v) is 6.20. The number of benzene rings is 2. The summed E-state index contributed by atoms with van der Waals surface area (Å²) in [6, 6.07) is 7.04. The number of ether oxygens (including phenoxy) is 1. The molecule has 0 amide bonds. The highest BCUT2D eigenvalue weighted by molar-refractivity contribution is 5.91. The molecule has 0 aliphatic heterocycles. The molecular formula is C29H39F3O2. The normalized spacial score (nSPS) is 11.1. The molecule has 0 bridgehead atoms. The molecule has 34 heavy (non-hydrogen) atoms. The Kier molecular flexibility index (Phi) is 12.8. The van der Waals surface area contributed by atoms with Gasteiger partial charge in [-0.3, -0.25) is 0 Å². The van der Waals surface area contributed by atoms with Gasteiger partial charge in [-0.2, -0.15) is 4.39 Å². The molecule has 2 nitrogen and oxygen atoms in total. The van der Waals surface area contributed by atoms with Crippen molar-refractivity contribution in [2.24, 2.45) is 0 Å². The number of esters is 1. The minimum absolute atomic E-state index is 0.264. The van der Waals surface area contributed by atoms with E-state index in [1.54, 1.807) is 6.07 Å². The molecule has 0 atom stereocenters. The Balaban J connectivity index is 1.89. The number of aryl methyl sites for hydroxylation is 2. The van der Waals surface area contributed by atoms with Crippen molar-refractivity contribution in [3.05, 3.63) is 64.5 Å². The molecule has 188 valence electrons. The maximum absolute atomic E-state index is 14.5. The fourth-order valence-electron chi connectivity index (χ4n) is 4.08. The van der Waals surface area contributed by atoms with Crippen LogP contribution in [0.5, 0.6) is 5.75 Å². The summed E-state index contributed by atoms with van der Waals surface area (Å²) in [6.45, 7) is 4.32. The number of unbranched alkanes of at least 4 members (excludes halogenated alkanes) is 10. The van der Waals surface area contributed by atoms with Crippen molar-refractivity contribution >= 4 is 5.97 Å². The van der Waals surface area contributed by atoms with Crippen molar-refractivity contribution in [3.8, 4) is 5.75 Å². The molecule has 2 aromatic carbocycles. The van der Waals surface area contributed by atoms with Gasteiger partial charge >= 0.3 is 5.97 Å². The van der Waals surface area contributed by atoms with Crippen LogP contribution in [0.2, 0.25) is 0 Å². The summed E-state index contributed by atoms with van der Waals surface area (Å²) >= 11 is 0. The van der Waals surface area contributed by atoms with Gasteiger partial charge in [-0.15, -0.1) is 0 Å². The predicted octanol–water partition coefficient (Wildman–Crippen LogP) is 9.13. The summed E-state index contributed by atoms with van der Waals surface area (Å²) in [4.78, 5) is 12.4. The molecular weight excluding hydrogens is 437 g/mol. The van der Waals surface area contributed by atoms with Crippen LogP contribution in [0.4, 0.5) is 13.2 Å². The van der Waals surface area contributed by atoms with Crippen molar-refractivity contribution in [1.29, 1.82) is 0 Å². The van der Waals surface area contributed by atoms with Gasteiger partial charge < -0.3 is 4.74 Å². The van der Waals surface area contributed by atoms with Gasteiger partial charge in [0.25, 0.3) is 0 Å². The Hall–Kier alpha value is -2.30. The molecule has 0 saturated heterocycles. The number of hydrogen-bond acceptors (Lipinski definition) is 2. The smallest absolute Gasteiger partial charge is 0.346 e. The number of halogens is 3. The molecule has 2 rings (SSSR count). The molecule has 0 aliphatic carbocycles. The first-order chi connectivity index (χ1) is 16.5. The number of carbonyl (C=O) groups excluding carboxylic acids is 1. The van der Waals surface area contributed by atoms with Gasteiger partial charge in [-0.1, -0.05) is 90.2 Å². The van der Waals surface area contributed by atoms with Gasteiger partial charge in [0.2, 0.25) is 5.82 Å². The summed E-state index contributed by atoms with van der Waals surface area (Å²) in [6.07, 6.45) is 14.3. The summed E-state index contributed by atoms with van der Waals surface area (Å²) in [5, 5.41) is 0. The maximum atomic E-state index is 14.5. The Morgan fingerprint density at radius 1 is 0.706 bits per heavy atom. The van der Waals surface area contributed by atoms with Crippen LogP contribution in [0.15, 0.2) is 30.3 Å². The van der Waals surface area contributed by atoms with Crippen molar-refractivity contribution in [1.82, 2.24) is 0 Å². The lowest BCUT2D eigenvalue weighted by molar-refractivity contribution is 0.0721. The van der Waals surface area contributed by atoms with Gasteiger partial charge in [0.15, 0.2) is 11.6 Å². The minimum atomic E-state index is -1.21.